The van der Waals surface area contributed by atoms with Gasteiger partial charge in [0, 0.05) is 39.3 Å². The summed E-state index contributed by atoms with van der Waals surface area (Å²) in [6.45, 7) is 0. The number of anilines is 3. The highest BCUT2D eigenvalue weighted by atomic mass is 16.3. The summed E-state index contributed by atoms with van der Waals surface area (Å²) in [7, 11) is 0. The summed E-state index contributed by atoms with van der Waals surface area (Å²) < 4.78 is 6.42. The molecule has 2 nitrogen and oxygen atoms in total. The van der Waals surface area contributed by atoms with Crippen LogP contribution in [0.4, 0.5) is 17.1 Å². The third-order valence-corrected chi connectivity index (χ3v) is 11.6. The van der Waals surface area contributed by atoms with E-state index in [-0.39, 0.29) is 5.92 Å². The van der Waals surface area contributed by atoms with Crippen molar-refractivity contribution in [3.05, 3.63) is 235 Å². The van der Waals surface area contributed by atoms with Crippen molar-refractivity contribution >= 4 is 39.0 Å². The molecule has 0 amide bonds. The lowest BCUT2D eigenvalue weighted by Crippen LogP contribution is -2.10. The number of hydrogen-bond donors (Lipinski definition) is 0. The quantitative estimate of drug-likeness (QED) is 0.163. The first-order valence-electron chi connectivity index (χ1n) is 19.6. The number of furan rings is 1. The molecule has 1 aliphatic rings. The Morgan fingerprint density at radius 2 is 0.754 bits per heavy atom. The molecule has 0 fully saturated rings. The molecule has 1 aromatic heterocycles. The van der Waals surface area contributed by atoms with Crippen LogP contribution in [0.1, 0.15) is 22.6 Å². The van der Waals surface area contributed by atoms with Crippen molar-refractivity contribution in [1.29, 1.82) is 0 Å². The number of nitrogens with zero attached hydrogens (tertiary/aromatic N) is 1. The van der Waals surface area contributed by atoms with Gasteiger partial charge >= 0.3 is 0 Å². The lowest BCUT2D eigenvalue weighted by molar-refractivity contribution is 0.670. The van der Waals surface area contributed by atoms with E-state index in [2.05, 4.69) is 211 Å². The summed E-state index contributed by atoms with van der Waals surface area (Å²) in [5, 5.41) is 2.27. The van der Waals surface area contributed by atoms with Crippen molar-refractivity contribution in [3.63, 3.8) is 0 Å². The van der Waals surface area contributed by atoms with Gasteiger partial charge in [-0.25, -0.2) is 0 Å². The van der Waals surface area contributed by atoms with Crippen LogP contribution in [-0.2, 0) is 0 Å². The standard InChI is InChI=1S/C55H37NO/c1-2-11-37(12-3-1)38-21-23-39(24-22-38)40-25-31-43(32-26-40)56(44-33-27-41(28-34-44)46-18-10-19-52-49-15-8-9-20-53(49)57-55(46)52)45-35-29-42(30-36-45)54-50-16-6-4-13-47(50)48-14-5-7-17-51(48)54/h1-36,54H. The van der Waals surface area contributed by atoms with E-state index >= 15 is 0 Å². The van der Waals surface area contributed by atoms with E-state index in [1.165, 1.54) is 50.1 Å². The fourth-order valence-electron chi connectivity index (χ4n) is 8.83. The van der Waals surface area contributed by atoms with Gasteiger partial charge in [-0.1, -0.05) is 176 Å². The van der Waals surface area contributed by atoms with Crippen LogP contribution in [0.3, 0.4) is 0 Å². The average Bonchev–Trinajstić information content (AvgIpc) is 3.84. The first kappa shape index (κ1) is 33.0. The monoisotopic (exact) mass is 727 g/mol. The van der Waals surface area contributed by atoms with Gasteiger partial charge in [-0.2, -0.15) is 0 Å². The van der Waals surface area contributed by atoms with Crippen LogP contribution in [0.25, 0.3) is 66.4 Å². The first-order valence-corrected chi connectivity index (χ1v) is 19.6. The van der Waals surface area contributed by atoms with Crippen molar-refractivity contribution in [3.8, 4) is 44.5 Å². The molecule has 0 saturated heterocycles. The minimum Gasteiger partial charge on any atom is -0.455 e. The van der Waals surface area contributed by atoms with Gasteiger partial charge in [0.15, 0.2) is 0 Å². The highest BCUT2D eigenvalue weighted by Gasteiger charge is 2.29. The maximum absolute atomic E-state index is 6.42. The molecule has 0 N–H and O–H groups in total. The van der Waals surface area contributed by atoms with Gasteiger partial charge in [0.2, 0.25) is 0 Å². The van der Waals surface area contributed by atoms with Crippen LogP contribution in [0.15, 0.2) is 223 Å². The molecule has 2 heteroatoms. The predicted octanol–water partition coefficient (Wildman–Crippen LogP) is 15.2. The Morgan fingerprint density at radius 3 is 1.37 bits per heavy atom. The Bertz CT molecular complexity index is 2990. The second-order valence-electron chi connectivity index (χ2n) is 14.9. The van der Waals surface area contributed by atoms with Gasteiger partial charge in [0.05, 0.1) is 0 Å². The molecule has 0 radical (unpaired) electrons. The van der Waals surface area contributed by atoms with E-state index < -0.39 is 0 Å². The van der Waals surface area contributed by atoms with Crippen molar-refractivity contribution in [2.24, 2.45) is 0 Å². The summed E-state index contributed by atoms with van der Waals surface area (Å²) in [6.07, 6.45) is 0. The molecule has 1 aliphatic carbocycles. The van der Waals surface area contributed by atoms with Crippen molar-refractivity contribution in [2.75, 3.05) is 4.90 Å². The molecule has 9 aromatic carbocycles. The number of hydrogen-bond acceptors (Lipinski definition) is 2. The van der Waals surface area contributed by atoms with Crippen LogP contribution >= 0.6 is 0 Å². The van der Waals surface area contributed by atoms with Crippen molar-refractivity contribution in [1.82, 2.24) is 0 Å². The van der Waals surface area contributed by atoms with E-state index in [0.29, 0.717) is 0 Å². The molecule has 0 spiro atoms. The molecule has 0 unspecified atom stereocenters. The SMILES string of the molecule is c1ccc(-c2ccc(-c3ccc(N(c4ccc(-c5cccc6c5oc5ccccc56)cc4)c4ccc(C5c6ccccc6-c6ccccc65)cc4)cc3)cc2)cc1. The maximum Gasteiger partial charge on any atom is 0.143 e. The average molecular weight is 728 g/mol. The fraction of sp³-hybridized carbons (Fsp3) is 0.0182. The van der Waals surface area contributed by atoms with Gasteiger partial charge in [0.1, 0.15) is 11.2 Å². The molecule has 0 saturated carbocycles. The van der Waals surface area contributed by atoms with E-state index in [1.54, 1.807) is 0 Å². The fourth-order valence-corrected chi connectivity index (χ4v) is 8.83. The lowest BCUT2D eigenvalue weighted by atomic mass is 9.89. The van der Waals surface area contributed by atoms with Crippen molar-refractivity contribution in [2.45, 2.75) is 5.92 Å². The second kappa shape index (κ2) is 13.7. The van der Waals surface area contributed by atoms with Crippen LogP contribution in [0.2, 0.25) is 0 Å². The highest BCUT2D eigenvalue weighted by molar-refractivity contribution is 6.09. The molecule has 0 bridgehead atoms. The first-order chi connectivity index (χ1) is 28.3. The largest absolute Gasteiger partial charge is 0.455 e. The van der Waals surface area contributed by atoms with E-state index in [4.69, 9.17) is 4.42 Å². The zero-order valence-electron chi connectivity index (χ0n) is 31.2. The van der Waals surface area contributed by atoms with Crippen LogP contribution in [0.5, 0.6) is 0 Å². The molecule has 10 aromatic rings. The summed E-state index contributed by atoms with van der Waals surface area (Å²) in [5.74, 6) is 0.202. The van der Waals surface area contributed by atoms with E-state index in [0.717, 1.165) is 50.1 Å². The van der Waals surface area contributed by atoms with Crippen LogP contribution < -0.4 is 4.90 Å². The number of fused-ring (bicyclic) bond motifs is 6. The maximum atomic E-state index is 6.42. The third kappa shape index (κ3) is 5.73. The minimum absolute atomic E-state index is 0.202. The Hall–Kier alpha value is -7.42. The molecule has 0 atom stereocenters. The normalized spacial score (nSPS) is 12.1. The van der Waals surface area contributed by atoms with Gasteiger partial charge in [-0.3, -0.25) is 0 Å². The Kier molecular flexibility index (Phi) is 7.93. The van der Waals surface area contributed by atoms with Crippen molar-refractivity contribution < 1.29 is 4.42 Å². The zero-order chi connectivity index (χ0) is 37.7. The Balaban J connectivity index is 0.969. The highest BCUT2D eigenvalue weighted by Crippen LogP contribution is 2.48. The second-order valence-corrected chi connectivity index (χ2v) is 14.9. The molecule has 0 aliphatic heterocycles. The third-order valence-electron chi connectivity index (χ3n) is 11.6. The molecular formula is C55H37NO. The van der Waals surface area contributed by atoms with Gasteiger partial charge < -0.3 is 9.32 Å². The lowest BCUT2D eigenvalue weighted by Gasteiger charge is -2.26. The minimum atomic E-state index is 0.202. The number of rotatable bonds is 7. The van der Waals surface area contributed by atoms with Crippen LogP contribution in [-0.4, -0.2) is 0 Å². The van der Waals surface area contributed by atoms with E-state index in [1.807, 2.05) is 12.1 Å². The van der Waals surface area contributed by atoms with Gasteiger partial charge in [-0.15, -0.1) is 0 Å². The summed E-state index contributed by atoms with van der Waals surface area (Å²) in [6, 6.07) is 78.8. The summed E-state index contributed by atoms with van der Waals surface area (Å²) >= 11 is 0. The predicted molar refractivity (Wildman–Crippen MR) is 238 cm³/mol. The summed E-state index contributed by atoms with van der Waals surface area (Å²) in [5.41, 5.74) is 18.8. The van der Waals surface area contributed by atoms with Gasteiger partial charge in [-0.05, 0) is 98.1 Å². The number of para-hydroxylation sites is 2. The Labute approximate surface area is 332 Å². The molecule has 11 rings (SSSR count). The van der Waals surface area contributed by atoms with Crippen LogP contribution in [0, 0.1) is 0 Å². The summed E-state index contributed by atoms with van der Waals surface area (Å²) in [4.78, 5) is 2.36. The van der Waals surface area contributed by atoms with E-state index in [9.17, 15) is 0 Å². The molecule has 1 heterocycles. The Morgan fingerprint density at radius 1 is 0.316 bits per heavy atom. The van der Waals surface area contributed by atoms with Gasteiger partial charge in [0.25, 0.3) is 0 Å². The topological polar surface area (TPSA) is 16.4 Å². The zero-order valence-corrected chi connectivity index (χ0v) is 31.2. The number of benzene rings is 9. The smallest absolute Gasteiger partial charge is 0.143 e. The molecular weight excluding hydrogens is 691 g/mol. The molecule has 57 heavy (non-hydrogen) atoms. The molecule has 268 valence electrons.